The van der Waals surface area contributed by atoms with Gasteiger partial charge in [-0.3, -0.25) is 4.79 Å². The Hall–Kier alpha value is -3.08. The summed E-state index contributed by atoms with van der Waals surface area (Å²) in [4.78, 5) is 29.2. The van der Waals surface area contributed by atoms with Crippen molar-refractivity contribution in [3.63, 3.8) is 0 Å². The van der Waals surface area contributed by atoms with Crippen molar-refractivity contribution in [3.8, 4) is 5.75 Å². The van der Waals surface area contributed by atoms with Gasteiger partial charge in [0, 0.05) is 48.6 Å². The molecule has 10 heteroatoms. The molecule has 0 saturated heterocycles. The molecule has 1 fully saturated rings. The number of halogens is 2. The molecule has 2 aromatic carbocycles. The van der Waals surface area contributed by atoms with Crippen LogP contribution in [0.2, 0.25) is 0 Å². The van der Waals surface area contributed by atoms with Crippen molar-refractivity contribution < 1.29 is 23.1 Å². The second-order valence-corrected chi connectivity index (χ2v) is 10.2. The lowest BCUT2D eigenvalue weighted by Gasteiger charge is -2.28. The minimum Gasteiger partial charge on any atom is -0.492 e. The van der Waals surface area contributed by atoms with Gasteiger partial charge in [-0.1, -0.05) is 36.4 Å². The van der Waals surface area contributed by atoms with Crippen LogP contribution in [0.25, 0.3) is 0 Å². The van der Waals surface area contributed by atoms with Gasteiger partial charge in [0.1, 0.15) is 18.6 Å². The van der Waals surface area contributed by atoms with E-state index in [1.165, 1.54) is 37.1 Å². The van der Waals surface area contributed by atoms with Crippen LogP contribution in [0.15, 0.2) is 64.8 Å². The number of likely N-dealkylation sites (N-methyl/N-ethyl adjacent to an activating group) is 1. The van der Waals surface area contributed by atoms with Gasteiger partial charge in [-0.25, -0.2) is 13.8 Å². The van der Waals surface area contributed by atoms with Gasteiger partial charge in [-0.2, -0.15) is 0 Å². The molecule has 1 saturated carbocycles. The number of nitrogens with one attached hydrogen (secondary N) is 2. The fraction of sp³-hybridized carbons (Fsp3) is 0.393. The molecule has 2 aliphatic rings. The Labute approximate surface area is 226 Å². The normalized spacial score (nSPS) is 16.0. The Morgan fingerprint density at radius 3 is 2.66 bits per heavy atom. The number of ether oxygens (including phenoxy) is 1. The second kappa shape index (κ2) is 16.0. The van der Waals surface area contributed by atoms with Gasteiger partial charge < -0.3 is 25.1 Å². The van der Waals surface area contributed by atoms with Crippen LogP contribution < -0.4 is 15.4 Å². The number of carbonyl (C=O) groups excluding carboxylic acids is 2. The lowest BCUT2D eigenvalue weighted by atomic mass is 10.00. The van der Waals surface area contributed by atoms with Crippen molar-refractivity contribution in [1.82, 2.24) is 10.2 Å². The molecule has 1 aliphatic heterocycles. The van der Waals surface area contributed by atoms with E-state index >= 15 is 0 Å². The van der Waals surface area contributed by atoms with Crippen molar-refractivity contribution in [2.24, 2.45) is 4.99 Å². The zero-order valence-electron chi connectivity index (χ0n) is 21.5. The number of carbonyl (C=O) groups is 2. The number of aldehydes is 1. The zero-order chi connectivity index (χ0) is 27.2. The van der Waals surface area contributed by atoms with Crippen molar-refractivity contribution in [2.75, 3.05) is 45.2 Å². The number of hydrogen-bond donors (Lipinski definition) is 2. The van der Waals surface area contributed by atoms with Crippen molar-refractivity contribution in [2.45, 2.75) is 30.9 Å². The molecule has 0 spiro atoms. The Kier molecular flexibility index (Phi) is 12.4. The Morgan fingerprint density at radius 2 is 1.97 bits per heavy atom. The van der Waals surface area contributed by atoms with E-state index in [0.29, 0.717) is 24.9 Å². The van der Waals surface area contributed by atoms with Crippen molar-refractivity contribution in [1.29, 1.82) is 0 Å². The number of aliphatic imine (C=N–C) groups is 1. The third kappa shape index (κ3) is 10.00. The maximum absolute atomic E-state index is 12.7. The first-order valence-electron chi connectivity index (χ1n) is 12.6. The van der Waals surface area contributed by atoms with Crippen LogP contribution in [0.4, 0.5) is 14.5 Å². The van der Waals surface area contributed by atoms with E-state index in [9.17, 15) is 18.4 Å². The largest absolute Gasteiger partial charge is 0.492 e. The Balaban J connectivity index is 0.000000232. The fourth-order valence-electron chi connectivity index (χ4n) is 3.61. The predicted octanol–water partition coefficient (Wildman–Crippen LogP) is 4.66. The van der Waals surface area contributed by atoms with Gasteiger partial charge >= 0.3 is 0 Å². The molecule has 0 bridgehead atoms. The minimum absolute atomic E-state index is 0.216. The molecule has 1 aliphatic carbocycles. The lowest BCUT2D eigenvalue weighted by Crippen LogP contribution is -2.31. The van der Waals surface area contributed by atoms with E-state index in [2.05, 4.69) is 27.6 Å². The van der Waals surface area contributed by atoms with Crippen LogP contribution in [0.5, 0.6) is 5.75 Å². The number of thioether (sulfide) groups is 1. The number of hydrogen-bond acceptors (Lipinski definition) is 7. The molecule has 0 radical (unpaired) electrons. The first-order chi connectivity index (χ1) is 18.5. The van der Waals surface area contributed by atoms with Crippen LogP contribution in [0.3, 0.4) is 0 Å². The average Bonchev–Trinajstić information content (AvgIpc) is 2.90. The van der Waals surface area contributed by atoms with E-state index in [0.717, 1.165) is 48.3 Å². The lowest BCUT2D eigenvalue weighted by molar-refractivity contribution is -0.108. The topological polar surface area (TPSA) is 83.0 Å². The summed E-state index contributed by atoms with van der Waals surface area (Å²) < 4.78 is 30.3. The van der Waals surface area contributed by atoms with E-state index < -0.39 is 11.6 Å². The average molecular weight is 545 g/mol. The third-order valence-corrected chi connectivity index (χ3v) is 7.24. The maximum atomic E-state index is 12.7. The van der Waals surface area contributed by atoms with E-state index in [-0.39, 0.29) is 17.4 Å². The molecular weight excluding hydrogens is 510 g/mol. The van der Waals surface area contributed by atoms with E-state index in [4.69, 9.17) is 4.74 Å². The number of nitrogens with zero attached hydrogens (tertiary/aromatic N) is 2. The molecule has 2 aromatic rings. The first kappa shape index (κ1) is 29.5. The highest BCUT2D eigenvalue weighted by atomic mass is 32.2. The van der Waals surface area contributed by atoms with Crippen molar-refractivity contribution >= 4 is 35.2 Å². The number of anilines is 1. The first-order valence-corrected chi connectivity index (χ1v) is 13.5. The summed E-state index contributed by atoms with van der Waals surface area (Å²) >= 11 is 1.51. The number of benzene rings is 2. The predicted molar refractivity (Wildman–Crippen MR) is 149 cm³/mol. The van der Waals surface area contributed by atoms with Gasteiger partial charge in [-0.15, -0.1) is 0 Å². The van der Waals surface area contributed by atoms with Gasteiger partial charge in [0.25, 0.3) is 0 Å². The maximum Gasteiger partial charge on any atom is 0.218 e. The molecule has 0 amide bonds. The highest BCUT2D eigenvalue weighted by Crippen LogP contribution is 2.34. The van der Waals surface area contributed by atoms with Crippen LogP contribution in [0, 0.1) is 11.6 Å². The summed E-state index contributed by atoms with van der Waals surface area (Å²) in [6.45, 7) is 2.66. The van der Waals surface area contributed by atoms with E-state index in [1.54, 1.807) is 6.34 Å². The molecule has 0 atom stereocenters. The minimum atomic E-state index is -0.937. The summed E-state index contributed by atoms with van der Waals surface area (Å²) in [6, 6.07) is 13.3. The van der Waals surface area contributed by atoms with Gasteiger partial charge in [0.05, 0.1) is 18.6 Å². The summed E-state index contributed by atoms with van der Waals surface area (Å²) in [5, 5.41) is 6.68. The molecule has 204 valence electrons. The Bertz CT molecular complexity index is 1110. The number of para-hydroxylation sites is 1. The monoisotopic (exact) mass is 544 g/mol. The molecular formula is C28H34F2N4O3S. The molecule has 7 nitrogen and oxygen atoms in total. The van der Waals surface area contributed by atoms with Crippen LogP contribution in [-0.2, 0) is 9.59 Å². The summed E-state index contributed by atoms with van der Waals surface area (Å²) in [6.07, 6.45) is 6.88. The molecule has 2 N–H and O–H groups in total. The molecule has 4 rings (SSSR count). The van der Waals surface area contributed by atoms with Gasteiger partial charge in [-0.05, 0) is 44.2 Å². The highest BCUT2D eigenvalue weighted by molar-refractivity contribution is 8.14. The van der Waals surface area contributed by atoms with Crippen LogP contribution in [-0.4, -0.2) is 67.7 Å². The smallest absolute Gasteiger partial charge is 0.218 e. The summed E-state index contributed by atoms with van der Waals surface area (Å²) in [5.41, 5.74) is 2.81. The number of rotatable bonds is 11. The van der Waals surface area contributed by atoms with Crippen LogP contribution >= 0.6 is 11.8 Å². The van der Waals surface area contributed by atoms with Gasteiger partial charge in [0.2, 0.25) is 5.12 Å². The molecule has 38 heavy (non-hydrogen) atoms. The van der Waals surface area contributed by atoms with E-state index in [1.807, 2.05) is 30.3 Å². The SMILES string of the molecule is CN1CCC(N=CNc2ccccc2)=C(C(=O)SC2CCC2)C1.O=CCNCCOc1ccc(F)c(F)c1. The molecule has 0 aromatic heterocycles. The highest BCUT2D eigenvalue weighted by Gasteiger charge is 2.27. The van der Waals surface area contributed by atoms with Crippen LogP contribution in [0.1, 0.15) is 25.7 Å². The summed E-state index contributed by atoms with van der Waals surface area (Å²) in [7, 11) is 2.06. The fourth-order valence-corrected chi connectivity index (χ4v) is 4.81. The molecule has 0 unspecified atom stereocenters. The third-order valence-electron chi connectivity index (χ3n) is 5.97. The standard InChI is InChI=1S/C18H23N3OS.C10H11F2NO2/c1-21-11-10-17(20-13-19-14-6-3-2-4-7-14)16(12-21)18(22)23-15-8-5-9-15;11-9-2-1-8(7-10(9)12)15-6-4-13-3-5-14/h2-4,6-7,13,15H,5,8-12H2,1H3,(H,19,20);1-2,5,7,13H,3-4,6H2. The Morgan fingerprint density at radius 1 is 1.18 bits per heavy atom. The summed E-state index contributed by atoms with van der Waals surface area (Å²) in [5.74, 6) is -1.57. The quantitative estimate of drug-likeness (QED) is 0.184. The zero-order valence-corrected chi connectivity index (χ0v) is 22.3. The van der Waals surface area contributed by atoms with Crippen molar-refractivity contribution in [3.05, 3.63) is 71.4 Å². The molecule has 1 heterocycles. The van der Waals surface area contributed by atoms with Gasteiger partial charge in [0.15, 0.2) is 11.6 Å². The second-order valence-electron chi connectivity index (χ2n) is 8.93.